The Hall–Kier alpha value is -3.75. The fraction of sp³-hybridized carbons (Fsp3) is 0.0800. The maximum Gasteiger partial charge on any atom is 0.301 e. The summed E-state index contributed by atoms with van der Waals surface area (Å²) in [6.45, 7) is 0. The van der Waals surface area contributed by atoms with Crippen molar-refractivity contribution >= 4 is 55.7 Å². The highest BCUT2D eigenvalue weighted by Crippen LogP contribution is 2.44. The zero-order valence-electron chi connectivity index (χ0n) is 17.7. The van der Waals surface area contributed by atoms with E-state index in [1.807, 2.05) is 0 Å². The molecule has 4 aromatic rings. The van der Waals surface area contributed by atoms with Crippen LogP contribution in [-0.4, -0.2) is 28.9 Å². The number of rotatable bonds is 4. The molecule has 9 heteroatoms. The Morgan fingerprint density at radius 2 is 1.88 bits per heavy atom. The molecular formula is C25H16ClFN2O4S. The number of fused-ring (bicyclic) bond motifs is 1. The number of aliphatic hydroxyl groups excluding tert-OH is 1. The lowest BCUT2D eigenvalue weighted by molar-refractivity contribution is -0.132. The summed E-state index contributed by atoms with van der Waals surface area (Å²) >= 11 is 7.05. The number of aromatic nitrogens is 1. The van der Waals surface area contributed by atoms with E-state index >= 15 is 0 Å². The van der Waals surface area contributed by atoms with Crippen molar-refractivity contribution in [1.29, 1.82) is 0 Å². The number of Topliss-reactive ketones (excluding diaryl/α,β-unsaturated/α-hetero) is 1. The van der Waals surface area contributed by atoms with Gasteiger partial charge in [0.05, 0.1) is 28.9 Å². The predicted molar refractivity (Wildman–Crippen MR) is 129 cm³/mol. The van der Waals surface area contributed by atoms with Gasteiger partial charge in [0.1, 0.15) is 17.3 Å². The summed E-state index contributed by atoms with van der Waals surface area (Å²) in [5.41, 5.74) is 1.28. The number of anilines is 1. The Kier molecular flexibility index (Phi) is 5.55. The van der Waals surface area contributed by atoms with Crippen LogP contribution in [0.5, 0.6) is 5.75 Å². The summed E-state index contributed by atoms with van der Waals surface area (Å²) in [4.78, 5) is 32.2. The molecule has 1 saturated heterocycles. The highest BCUT2D eigenvalue weighted by molar-refractivity contribution is 7.22. The molecule has 1 amide bonds. The molecule has 0 unspecified atom stereocenters. The van der Waals surface area contributed by atoms with E-state index in [1.165, 1.54) is 30.2 Å². The van der Waals surface area contributed by atoms with Crippen LogP contribution in [0.1, 0.15) is 17.2 Å². The monoisotopic (exact) mass is 494 g/mol. The molecule has 2 heterocycles. The maximum atomic E-state index is 13.8. The number of amides is 1. The second-order valence-corrected chi connectivity index (χ2v) is 9.01. The molecule has 1 atom stereocenters. The third kappa shape index (κ3) is 3.70. The second kappa shape index (κ2) is 8.55. The van der Waals surface area contributed by atoms with Crippen molar-refractivity contribution in [3.05, 3.63) is 94.3 Å². The second-order valence-electron chi connectivity index (χ2n) is 7.56. The molecule has 170 valence electrons. The number of benzene rings is 3. The summed E-state index contributed by atoms with van der Waals surface area (Å²) in [5, 5.41) is 11.8. The van der Waals surface area contributed by atoms with Gasteiger partial charge in [0.25, 0.3) is 5.78 Å². The Balaban J connectivity index is 1.74. The van der Waals surface area contributed by atoms with Crippen LogP contribution in [-0.2, 0) is 9.59 Å². The minimum atomic E-state index is -0.976. The Morgan fingerprint density at radius 3 is 2.62 bits per heavy atom. The Morgan fingerprint density at radius 1 is 1.12 bits per heavy atom. The summed E-state index contributed by atoms with van der Waals surface area (Å²) in [7, 11) is 1.51. The number of ether oxygens (including phenoxy) is 1. The number of thiazole rings is 1. The van der Waals surface area contributed by atoms with Crippen molar-refractivity contribution in [1.82, 2.24) is 4.98 Å². The van der Waals surface area contributed by atoms with Crippen LogP contribution in [0, 0.1) is 5.82 Å². The van der Waals surface area contributed by atoms with E-state index in [-0.39, 0.29) is 16.5 Å². The van der Waals surface area contributed by atoms with Crippen LogP contribution in [0.25, 0.3) is 16.0 Å². The molecule has 1 fully saturated rings. The van der Waals surface area contributed by atoms with E-state index < -0.39 is 23.5 Å². The normalized spacial score (nSPS) is 17.5. The third-order valence-corrected chi connectivity index (χ3v) is 6.79. The van der Waals surface area contributed by atoms with Crippen molar-refractivity contribution < 1.29 is 23.8 Å². The number of aliphatic hydroxyl groups is 1. The molecule has 0 spiro atoms. The number of hydrogen-bond donors (Lipinski definition) is 1. The molecule has 34 heavy (non-hydrogen) atoms. The molecule has 0 aliphatic carbocycles. The molecule has 0 saturated carbocycles. The van der Waals surface area contributed by atoms with Crippen molar-refractivity contribution in [2.45, 2.75) is 6.04 Å². The lowest BCUT2D eigenvalue weighted by Crippen LogP contribution is -2.29. The maximum absolute atomic E-state index is 13.8. The van der Waals surface area contributed by atoms with Crippen LogP contribution >= 0.6 is 22.9 Å². The molecule has 0 bridgehead atoms. The number of ketones is 1. The first kappa shape index (κ1) is 22.1. The fourth-order valence-corrected chi connectivity index (χ4v) is 5.05. The SMILES string of the molecule is COc1cccc([C@H]2C(=C(O)c3ccc(Cl)cc3)C(=O)C(=O)N2c2nc3ccc(F)cc3s2)c1. The summed E-state index contributed by atoms with van der Waals surface area (Å²) < 4.78 is 19.6. The number of hydrogen-bond acceptors (Lipinski definition) is 6. The summed E-state index contributed by atoms with van der Waals surface area (Å²) in [6, 6.07) is 16.3. The molecule has 1 N–H and O–H groups in total. The quantitative estimate of drug-likeness (QED) is 0.223. The van der Waals surface area contributed by atoms with Gasteiger partial charge in [-0.15, -0.1) is 0 Å². The number of methoxy groups -OCH3 is 1. The van der Waals surface area contributed by atoms with E-state index in [4.69, 9.17) is 16.3 Å². The molecule has 5 rings (SSSR count). The van der Waals surface area contributed by atoms with Gasteiger partial charge in [-0.1, -0.05) is 35.1 Å². The summed E-state index contributed by atoms with van der Waals surface area (Å²) in [6.07, 6.45) is 0. The van der Waals surface area contributed by atoms with Crippen LogP contribution in [0.2, 0.25) is 5.02 Å². The standard InChI is InChI=1S/C25H16ClFN2O4S/c1-33-17-4-2-3-14(11-17)21-20(22(30)13-5-7-15(26)8-6-13)23(31)24(32)29(21)25-28-18-10-9-16(27)12-19(18)34-25/h2-12,21,30H,1H3/t21-/m0/s1. The first-order valence-corrected chi connectivity index (χ1v) is 11.3. The fourth-order valence-electron chi connectivity index (χ4n) is 3.91. The number of carbonyl (C=O) groups excluding carboxylic acids is 2. The molecule has 0 radical (unpaired) electrons. The van der Waals surface area contributed by atoms with Crippen LogP contribution in [0.3, 0.4) is 0 Å². The molecule has 1 aliphatic rings. The third-order valence-electron chi connectivity index (χ3n) is 5.52. The minimum Gasteiger partial charge on any atom is -0.507 e. The molecular weight excluding hydrogens is 479 g/mol. The van der Waals surface area contributed by atoms with Gasteiger partial charge < -0.3 is 9.84 Å². The number of nitrogens with zero attached hydrogens (tertiary/aromatic N) is 2. The van der Waals surface area contributed by atoms with Gasteiger partial charge in [-0.05, 0) is 60.2 Å². The Bertz CT molecular complexity index is 1480. The van der Waals surface area contributed by atoms with Crippen LogP contribution in [0.4, 0.5) is 9.52 Å². The van der Waals surface area contributed by atoms with Crippen molar-refractivity contribution in [2.24, 2.45) is 0 Å². The van der Waals surface area contributed by atoms with Gasteiger partial charge >= 0.3 is 5.91 Å². The van der Waals surface area contributed by atoms with Gasteiger partial charge in [-0.3, -0.25) is 14.5 Å². The van der Waals surface area contributed by atoms with Crippen LogP contribution < -0.4 is 9.64 Å². The first-order chi connectivity index (χ1) is 16.4. The van der Waals surface area contributed by atoms with Gasteiger partial charge in [0, 0.05) is 10.6 Å². The van der Waals surface area contributed by atoms with Crippen molar-refractivity contribution in [3.63, 3.8) is 0 Å². The average Bonchev–Trinajstić information content (AvgIpc) is 3.37. The van der Waals surface area contributed by atoms with Gasteiger partial charge in [0.15, 0.2) is 5.13 Å². The smallest absolute Gasteiger partial charge is 0.301 e. The minimum absolute atomic E-state index is 0.0917. The Labute approximate surface area is 202 Å². The van der Waals surface area contributed by atoms with E-state index in [9.17, 15) is 19.1 Å². The van der Waals surface area contributed by atoms with E-state index in [1.54, 1.807) is 48.5 Å². The van der Waals surface area contributed by atoms with Crippen molar-refractivity contribution in [2.75, 3.05) is 12.0 Å². The molecule has 1 aliphatic heterocycles. The zero-order chi connectivity index (χ0) is 24.0. The zero-order valence-corrected chi connectivity index (χ0v) is 19.2. The summed E-state index contributed by atoms with van der Waals surface area (Å²) in [5.74, 6) is -1.95. The lowest BCUT2D eigenvalue weighted by atomic mass is 9.95. The van der Waals surface area contributed by atoms with E-state index in [0.29, 0.717) is 32.1 Å². The van der Waals surface area contributed by atoms with E-state index in [0.717, 1.165) is 11.3 Å². The molecule has 3 aromatic carbocycles. The van der Waals surface area contributed by atoms with Gasteiger partial charge in [-0.2, -0.15) is 0 Å². The highest BCUT2D eigenvalue weighted by atomic mass is 35.5. The topological polar surface area (TPSA) is 79.7 Å². The van der Waals surface area contributed by atoms with Gasteiger partial charge in [0.2, 0.25) is 0 Å². The number of carbonyl (C=O) groups is 2. The van der Waals surface area contributed by atoms with E-state index in [2.05, 4.69) is 4.98 Å². The molecule has 6 nitrogen and oxygen atoms in total. The first-order valence-electron chi connectivity index (χ1n) is 10.1. The lowest BCUT2D eigenvalue weighted by Gasteiger charge is -2.23. The highest BCUT2D eigenvalue weighted by Gasteiger charge is 2.48. The largest absolute Gasteiger partial charge is 0.507 e. The molecule has 1 aromatic heterocycles. The van der Waals surface area contributed by atoms with Crippen LogP contribution in [0.15, 0.2) is 72.3 Å². The predicted octanol–water partition coefficient (Wildman–Crippen LogP) is 5.72. The average molecular weight is 495 g/mol. The van der Waals surface area contributed by atoms with Crippen molar-refractivity contribution in [3.8, 4) is 5.75 Å². The number of halogens is 2. The van der Waals surface area contributed by atoms with Gasteiger partial charge in [-0.25, -0.2) is 9.37 Å².